The Balaban J connectivity index is 2.46. The van der Waals surface area contributed by atoms with E-state index in [0.717, 1.165) is 11.5 Å². The molecule has 0 saturated carbocycles. The third-order valence-electron chi connectivity index (χ3n) is 1.41. The smallest absolute Gasteiger partial charge is 0.203 e. The van der Waals surface area contributed by atoms with E-state index in [1.165, 1.54) is 0 Å². The SMILES string of the molecule is Cc1nccc(-c2nsc(Cl)n2)n1. The number of aromatic nitrogens is 4. The van der Waals surface area contributed by atoms with Gasteiger partial charge in [0.25, 0.3) is 0 Å². The van der Waals surface area contributed by atoms with Gasteiger partial charge in [-0.15, -0.1) is 0 Å². The van der Waals surface area contributed by atoms with Crippen molar-refractivity contribution >= 4 is 23.1 Å². The van der Waals surface area contributed by atoms with Crippen LogP contribution in [0.5, 0.6) is 0 Å². The maximum Gasteiger partial charge on any atom is 0.203 e. The van der Waals surface area contributed by atoms with Crippen molar-refractivity contribution in [2.24, 2.45) is 0 Å². The van der Waals surface area contributed by atoms with Crippen LogP contribution in [0.3, 0.4) is 0 Å². The molecule has 0 N–H and O–H groups in total. The van der Waals surface area contributed by atoms with E-state index in [-0.39, 0.29) is 0 Å². The van der Waals surface area contributed by atoms with Gasteiger partial charge in [0.05, 0.1) is 0 Å². The van der Waals surface area contributed by atoms with Crippen LogP contribution in [-0.2, 0) is 0 Å². The first-order chi connectivity index (χ1) is 6.25. The first-order valence-corrected chi connectivity index (χ1v) is 4.70. The van der Waals surface area contributed by atoms with Crippen LogP contribution in [0.25, 0.3) is 11.5 Å². The van der Waals surface area contributed by atoms with E-state index in [9.17, 15) is 0 Å². The summed E-state index contributed by atoms with van der Waals surface area (Å²) in [7, 11) is 0. The Hall–Kier alpha value is -1.07. The van der Waals surface area contributed by atoms with Crippen molar-refractivity contribution in [1.29, 1.82) is 0 Å². The van der Waals surface area contributed by atoms with E-state index < -0.39 is 0 Å². The fraction of sp³-hybridized carbons (Fsp3) is 0.143. The Labute approximate surface area is 83.8 Å². The fourth-order valence-electron chi connectivity index (χ4n) is 0.890. The van der Waals surface area contributed by atoms with Crippen molar-refractivity contribution in [3.8, 4) is 11.5 Å². The average Bonchev–Trinajstić information content (AvgIpc) is 2.52. The van der Waals surface area contributed by atoms with Crippen molar-refractivity contribution in [2.45, 2.75) is 6.92 Å². The molecule has 0 amide bonds. The molecule has 0 spiro atoms. The van der Waals surface area contributed by atoms with Gasteiger partial charge in [-0.1, -0.05) is 0 Å². The summed E-state index contributed by atoms with van der Waals surface area (Å²) in [6.07, 6.45) is 1.67. The summed E-state index contributed by atoms with van der Waals surface area (Å²) in [6, 6.07) is 1.76. The van der Waals surface area contributed by atoms with Crippen molar-refractivity contribution in [2.75, 3.05) is 0 Å². The molecule has 0 unspecified atom stereocenters. The highest BCUT2D eigenvalue weighted by atomic mass is 35.5. The van der Waals surface area contributed by atoms with Crippen LogP contribution in [0.2, 0.25) is 4.47 Å². The van der Waals surface area contributed by atoms with Crippen molar-refractivity contribution in [1.82, 2.24) is 19.3 Å². The van der Waals surface area contributed by atoms with Gasteiger partial charge in [0, 0.05) is 6.20 Å². The summed E-state index contributed by atoms with van der Waals surface area (Å²) in [5, 5.41) is 0. The monoisotopic (exact) mass is 212 g/mol. The molecular weight excluding hydrogens is 208 g/mol. The molecule has 0 aliphatic carbocycles. The molecule has 2 aromatic heterocycles. The van der Waals surface area contributed by atoms with Gasteiger partial charge in [-0.25, -0.2) is 15.0 Å². The Morgan fingerprint density at radius 2 is 2.23 bits per heavy atom. The second-order valence-corrected chi connectivity index (χ2v) is 3.69. The van der Waals surface area contributed by atoms with Crippen LogP contribution < -0.4 is 0 Å². The molecule has 0 aromatic carbocycles. The van der Waals surface area contributed by atoms with Gasteiger partial charge in [-0.2, -0.15) is 4.37 Å². The lowest BCUT2D eigenvalue weighted by Crippen LogP contribution is -1.90. The second kappa shape index (κ2) is 3.35. The minimum Gasteiger partial charge on any atom is -0.242 e. The number of halogens is 1. The minimum atomic E-state index is 0.422. The van der Waals surface area contributed by atoms with Crippen molar-refractivity contribution < 1.29 is 0 Å². The Morgan fingerprint density at radius 1 is 1.38 bits per heavy atom. The molecule has 2 aromatic rings. The summed E-state index contributed by atoms with van der Waals surface area (Å²) >= 11 is 6.80. The highest BCUT2D eigenvalue weighted by molar-refractivity contribution is 7.10. The van der Waals surface area contributed by atoms with E-state index in [2.05, 4.69) is 19.3 Å². The number of nitrogens with zero attached hydrogens (tertiary/aromatic N) is 4. The standard InChI is InChI=1S/C7H5ClN4S/c1-4-9-3-2-5(10-4)6-11-7(8)13-12-6/h2-3H,1H3. The lowest BCUT2D eigenvalue weighted by Gasteiger charge is -1.93. The highest BCUT2D eigenvalue weighted by Gasteiger charge is 2.05. The molecule has 4 nitrogen and oxygen atoms in total. The summed E-state index contributed by atoms with van der Waals surface area (Å²) < 4.78 is 4.46. The maximum atomic E-state index is 5.65. The zero-order valence-electron chi connectivity index (χ0n) is 6.73. The molecule has 66 valence electrons. The lowest BCUT2D eigenvalue weighted by atomic mass is 10.4. The van der Waals surface area contributed by atoms with Gasteiger partial charge in [0.1, 0.15) is 11.5 Å². The van der Waals surface area contributed by atoms with Gasteiger partial charge in [0.2, 0.25) is 4.47 Å². The predicted octanol–water partition coefficient (Wildman–Crippen LogP) is 1.96. The Morgan fingerprint density at radius 3 is 2.85 bits per heavy atom. The van der Waals surface area contributed by atoms with E-state index in [4.69, 9.17) is 11.6 Å². The van der Waals surface area contributed by atoms with Gasteiger partial charge < -0.3 is 0 Å². The van der Waals surface area contributed by atoms with Crippen LogP contribution in [-0.4, -0.2) is 19.3 Å². The normalized spacial score (nSPS) is 10.3. The Kier molecular flexibility index (Phi) is 2.20. The van der Waals surface area contributed by atoms with Crippen LogP contribution in [0.15, 0.2) is 12.3 Å². The van der Waals surface area contributed by atoms with Crippen LogP contribution >= 0.6 is 23.1 Å². The molecule has 6 heteroatoms. The molecule has 2 rings (SSSR count). The van der Waals surface area contributed by atoms with Crippen LogP contribution in [0, 0.1) is 6.92 Å². The third kappa shape index (κ3) is 1.81. The molecule has 0 fully saturated rings. The molecule has 0 atom stereocenters. The average molecular weight is 213 g/mol. The van der Waals surface area contributed by atoms with Gasteiger partial charge in [0.15, 0.2) is 5.82 Å². The largest absolute Gasteiger partial charge is 0.242 e. The maximum absolute atomic E-state index is 5.65. The molecule has 0 saturated heterocycles. The molecule has 0 radical (unpaired) electrons. The number of rotatable bonds is 1. The van der Waals surface area contributed by atoms with Gasteiger partial charge >= 0.3 is 0 Å². The second-order valence-electron chi connectivity index (χ2n) is 2.36. The lowest BCUT2D eigenvalue weighted by molar-refractivity contribution is 1.05. The summed E-state index contributed by atoms with van der Waals surface area (Å²) in [5.41, 5.74) is 0.704. The van der Waals surface area contributed by atoms with Crippen LogP contribution in [0.1, 0.15) is 5.82 Å². The van der Waals surface area contributed by atoms with Gasteiger partial charge in [-0.05, 0) is 36.1 Å². The van der Waals surface area contributed by atoms with Crippen molar-refractivity contribution in [3.05, 3.63) is 22.6 Å². The zero-order chi connectivity index (χ0) is 9.26. The van der Waals surface area contributed by atoms with E-state index in [1.54, 1.807) is 12.3 Å². The first kappa shape index (κ1) is 8.52. The molecule has 13 heavy (non-hydrogen) atoms. The summed E-state index contributed by atoms with van der Waals surface area (Å²) in [4.78, 5) is 12.1. The quantitative estimate of drug-likeness (QED) is 0.725. The fourth-order valence-corrected chi connectivity index (χ4v) is 1.50. The first-order valence-electron chi connectivity index (χ1n) is 3.55. The number of aryl methyl sites for hydroxylation is 1. The summed E-state index contributed by atoms with van der Waals surface area (Å²) in [5.74, 6) is 1.25. The topological polar surface area (TPSA) is 51.6 Å². The van der Waals surface area contributed by atoms with Crippen molar-refractivity contribution in [3.63, 3.8) is 0 Å². The van der Waals surface area contributed by atoms with Crippen LogP contribution in [0.4, 0.5) is 0 Å². The number of hydrogen-bond acceptors (Lipinski definition) is 5. The van der Waals surface area contributed by atoms with E-state index >= 15 is 0 Å². The highest BCUT2D eigenvalue weighted by Crippen LogP contribution is 2.18. The van der Waals surface area contributed by atoms with Gasteiger partial charge in [-0.3, -0.25) is 0 Å². The number of hydrogen-bond donors (Lipinski definition) is 0. The molecule has 0 bridgehead atoms. The third-order valence-corrected chi connectivity index (χ3v) is 2.20. The summed E-state index contributed by atoms with van der Waals surface area (Å²) in [6.45, 7) is 1.82. The molecule has 0 aliphatic heterocycles. The zero-order valence-corrected chi connectivity index (χ0v) is 8.30. The van der Waals surface area contributed by atoms with E-state index in [0.29, 0.717) is 21.8 Å². The van der Waals surface area contributed by atoms with E-state index in [1.807, 2.05) is 6.92 Å². The molecular formula is C7H5ClN4S. The minimum absolute atomic E-state index is 0.422. The molecule has 2 heterocycles. The Bertz CT molecular complexity index is 428. The predicted molar refractivity (Wildman–Crippen MR) is 50.7 cm³/mol. The molecule has 0 aliphatic rings.